The standard InChI is InChI=1S/C29H30N2O4/c1-19-14-20(2)28(21(3)15-19)30-27(32)18-35-13-12-31-17-25(22-8-6-5-7-9-22)24-11-10-23(16-26(24)31)29(33)34-4/h5-11,14-17H,12-13,18H2,1-4H3,(H,30,32). The van der Waals surface area contributed by atoms with Crippen molar-refractivity contribution in [2.75, 3.05) is 25.6 Å². The lowest BCUT2D eigenvalue weighted by Crippen LogP contribution is -2.21. The Kier molecular flexibility index (Phi) is 7.32. The van der Waals surface area contributed by atoms with Crippen molar-refractivity contribution < 1.29 is 19.1 Å². The van der Waals surface area contributed by atoms with Gasteiger partial charge in [-0.05, 0) is 49.6 Å². The van der Waals surface area contributed by atoms with Crippen LogP contribution in [0.25, 0.3) is 22.0 Å². The third-order valence-electron chi connectivity index (χ3n) is 6.04. The van der Waals surface area contributed by atoms with Crippen LogP contribution in [-0.4, -0.2) is 36.8 Å². The minimum absolute atomic E-state index is 0.0368. The van der Waals surface area contributed by atoms with Gasteiger partial charge >= 0.3 is 5.97 Å². The number of esters is 1. The molecule has 0 bridgehead atoms. The monoisotopic (exact) mass is 470 g/mol. The fourth-order valence-corrected chi connectivity index (χ4v) is 4.45. The molecule has 35 heavy (non-hydrogen) atoms. The van der Waals surface area contributed by atoms with Crippen LogP contribution in [0, 0.1) is 20.8 Å². The lowest BCUT2D eigenvalue weighted by molar-refractivity contribution is -0.120. The first-order chi connectivity index (χ1) is 16.9. The Labute approximate surface area is 205 Å². The van der Waals surface area contributed by atoms with E-state index in [4.69, 9.17) is 9.47 Å². The molecule has 4 aromatic rings. The number of nitrogens with one attached hydrogen (secondary N) is 1. The summed E-state index contributed by atoms with van der Waals surface area (Å²) in [4.78, 5) is 24.6. The average Bonchev–Trinajstić information content (AvgIpc) is 3.22. The van der Waals surface area contributed by atoms with Gasteiger partial charge in [0, 0.05) is 34.9 Å². The second-order valence-corrected chi connectivity index (χ2v) is 8.70. The Morgan fingerprint density at radius 1 is 0.943 bits per heavy atom. The Bertz CT molecular complexity index is 1350. The third-order valence-corrected chi connectivity index (χ3v) is 6.04. The van der Waals surface area contributed by atoms with Gasteiger partial charge < -0.3 is 19.4 Å². The summed E-state index contributed by atoms with van der Waals surface area (Å²) in [6.07, 6.45) is 2.06. The summed E-state index contributed by atoms with van der Waals surface area (Å²) in [7, 11) is 1.37. The molecule has 3 aromatic carbocycles. The van der Waals surface area contributed by atoms with Crippen molar-refractivity contribution in [2.24, 2.45) is 0 Å². The predicted octanol–water partition coefficient (Wildman–Crippen LogP) is 5.68. The van der Waals surface area contributed by atoms with Gasteiger partial charge in [0.25, 0.3) is 0 Å². The highest BCUT2D eigenvalue weighted by atomic mass is 16.5. The Hall–Kier alpha value is -3.90. The number of carbonyl (C=O) groups is 2. The maximum atomic E-state index is 12.5. The normalized spacial score (nSPS) is 11.0. The Balaban J connectivity index is 1.47. The van der Waals surface area contributed by atoms with Crippen molar-refractivity contribution in [3.05, 3.63) is 89.1 Å². The van der Waals surface area contributed by atoms with Crippen LogP contribution in [0.4, 0.5) is 5.69 Å². The molecule has 0 aliphatic rings. The number of ether oxygens (including phenoxy) is 2. The first-order valence-electron chi connectivity index (χ1n) is 11.6. The van der Waals surface area contributed by atoms with Crippen molar-refractivity contribution >= 4 is 28.5 Å². The minimum Gasteiger partial charge on any atom is -0.465 e. The summed E-state index contributed by atoms with van der Waals surface area (Å²) < 4.78 is 12.7. The average molecular weight is 471 g/mol. The zero-order valence-corrected chi connectivity index (χ0v) is 20.6. The van der Waals surface area contributed by atoms with E-state index in [1.807, 2.05) is 63.2 Å². The Morgan fingerprint density at radius 2 is 1.66 bits per heavy atom. The lowest BCUT2D eigenvalue weighted by Gasteiger charge is -2.13. The highest BCUT2D eigenvalue weighted by Gasteiger charge is 2.14. The number of fused-ring (bicyclic) bond motifs is 1. The number of anilines is 1. The number of aryl methyl sites for hydroxylation is 3. The highest BCUT2D eigenvalue weighted by molar-refractivity contribution is 6.00. The maximum Gasteiger partial charge on any atom is 0.337 e. The number of rotatable bonds is 8. The number of carbonyl (C=O) groups excluding carboxylic acids is 2. The van der Waals surface area contributed by atoms with Crippen molar-refractivity contribution in [2.45, 2.75) is 27.3 Å². The molecule has 0 saturated carbocycles. The quantitative estimate of drug-likeness (QED) is 0.266. The van der Waals surface area contributed by atoms with Gasteiger partial charge in [0.2, 0.25) is 5.91 Å². The lowest BCUT2D eigenvalue weighted by atomic mass is 10.0. The summed E-state index contributed by atoms with van der Waals surface area (Å²) >= 11 is 0. The van der Waals surface area contributed by atoms with Crippen molar-refractivity contribution in [1.29, 1.82) is 0 Å². The minimum atomic E-state index is -0.379. The van der Waals surface area contributed by atoms with Crippen molar-refractivity contribution in [3.8, 4) is 11.1 Å². The summed E-state index contributed by atoms with van der Waals surface area (Å²) in [6.45, 7) is 6.85. The summed E-state index contributed by atoms with van der Waals surface area (Å²) in [5, 5.41) is 4.00. The first kappa shape index (κ1) is 24.2. The van der Waals surface area contributed by atoms with E-state index < -0.39 is 0 Å². The molecule has 0 saturated heterocycles. The molecule has 6 heteroatoms. The van der Waals surface area contributed by atoms with E-state index in [0.717, 1.165) is 38.8 Å². The molecule has 1 N–H and O–H groups in total. The van der Waals surface area contributed by atoms with Crippen LogP contribution in [0.1, 0.15) is 27.0 Å². The maximum absolute atomic E-state index is 12.5. The largest absolute Gasteiger partial charge is 0.465 e. The van der Waals surface area contributed by atoms with Gasteiger partial charge in [-0.1, -0.05) is 54.1 Å². The third kappa shape index (κ3) is 5.44. The van der Waals surface area contributed by atoms with Gasteiger partial charge in [-0.15, -0.1) is 0 Å². The van der Waals surface area contributed by atoms with E-state index >= 15 is 0 Å². The molecule has 0 spiro atoms. The molecule has 0 aliphatic carbocycles. The predicted molar refractivity (Wildman–Crippen MR) is 139 cm³/mol. The van der Waals surface area contributed by atoms with Crippen molar-refractivity contribution in [3.63, 3.8) is 0 Å². The number of aromatic nitrogens is 1. The summed E-state index contributed by atoms with van der Waals surface area (Å²) in [5.41, 5.74) is 7.62. The number of methoxy groups -OCH3 is 1. The fourth-order valence-electron chi connectivity index (χ4n) is 4.45. The molecule has 1 heterocycles. The molecule has 0 atom stereocenters. The number of nitrogens with zero attached hydrogens (tertiary/aromatic N) is 1. The first-order valence-corrected chi connectivity index (χ1v) is 11.6. The number of hydrogen-bond acceptors (Lipinski definition) is 4. The van der Waals surface area contributed by atoms with E-state index in [1.54, 1.807) is 6.07 Å². The number of benzene rings is 3. The van der Waals surface area contributed by atoms with Gasteiger partial charge in [0.05, 0.1) is 19.3 Å². The molecule has 0 unspecified atom stereocenters. The van der Waals surface area contributed by atoms with Gasteiger partial charge in [0.15, 0.2) is 0 Å². The van der Waals surface area contributed by atoms with Gasteiger partial charge in [-0.25, -0.2) is 4.79 Å². The second-order valence-electron chi connectivity index (χ2n) is 8.70. The zero-order valence-electron chi connectivity index (χ0n) is 20.6. The fraction of sp³-hybridized carbons (Fsp3) is 0.241. The number of hydrogen-bond donors (Lipinski definition) is 1. The van der Waals surface area contributed by atoms with Crippen LogP contribution < -0.4 is 5.32 Å². The van der Waals surface area contributed by atoms with Crippen LogP contribution in [0.15, 0.2) is 66.9 Å². The van der Waals surface area contributed by atoms with Gasteiger partial charge in [-0.3, -0.25) is 4.79 Å². The van der Waals surface area contributed by atoms with Crippen molar-refractivity contribution in [1.82, 2.24) is 4.57 Å². The molecular formula is C29H30N2O4. The molecule has 6 nitrogen and oxygen atoms in total. The highest BCUT2D eigenvalue weighted by Crippen LogP contribution is 2.31. The van der Waals surface area contributed by atoms with Crippen LogP contribution in [0.2, 0.25) is 0 Å². The van der Waals surface area contributed by atoms with E-state index in [1.165, 1.54) is 12.7 Å². The van der Waals surface area contributed by atoms with E-state index in [0.29, 0.717) is 18.7 Å². The van der Waals surface area contributed by atoms with Gasteiger partial charge in [-0.2, -0.15) is 0 Å². The molecule has 4 rings (SSSR count). The molecule has 1 aromatic heterocycles. The van der Waals surface area contributed by atoms with Crippen LogP contribution >= 0.6 is 0 Å². The van der Waals surface area contributed by atoms with Crippen LogP contribution in [0.3, 0.4) is 0 Å². The summed E-state index contributed by atoms with van der Waals surface area (Å²) in [6, 6.07) is 19.8. The molecule has 0 radical (unpaired) electrons. The van der Waals surface area contributed by atoms with Crippen LogP contribution in [-0.2, 0) is 20.8 Å². The molecule has 1 amide bonds. The molecular weight excluding hydrogens is 440 g/mol. The molecule has 0 fully saturated rings. The van der Waals surface area contributed by atoms with E-state index in [-0.39, 0.29) is 18.5 Å². The molecule has 0 aliphatic heterocycles. The molecule has 180 valence electrons. The summed E-state index contributed by atoms with van der Waals surface area (Å²) in [5.74, 6) is -0.564. The second kappa shape index (κ2) is 10.6. The van der Waals surface area contributed by atoms with E-state index in [2.05, 4.69) is 28.2 Å². The number of amides is 1. The smallest absolute Gasteiger partial charge is 0.337 e. The topological polar surface area (TPSA) is 69.6 Å². The van der Waals surface area contributed by atoms with Crippen LogP contribution in [0.5, 0.6) is 0 Å². The Morgan fingerprint density at radius 3 is 2.34 bits per heavy atom. The van der Waals surface area contributed by atoms with Gasteiger partial charge in [0.1, 0.15) is 6.61 Å². The zero-order chi connectivity index (χ0) is 24.9. The SMILES string of the molecule is COC(=O)c1ccc2c(-c3ccccc3)cn(CCOCC(=O)Nc3c(C)cc(C)cc3C)c2c1. The van der Waals surface area contributed by atoms with E-state index in [9.17, 15) is 9.59 Å².